The van der Waals surface area contributed by atoms with Crippen LogP contribution in [0.25, 0.3) is 0 Å². The van der Waals surface area contributed by atoms with E-state index in [0.29, 0.717) is 0 Å². The molecule has 0 heterocycles. The molecule has 0 saturated carbocycles. The summed E-state index contributed by atoms with van der Waals surface area (Å²) in [6.07, 6.45) is 0. The van der Waals surface area contributed by atoms with E-state index in [2.05, 4.69) is 0 Å². The second-order valence-corrected chi connectivity index (χ2v) is 0. The van der Waals surface area contributed by atoms with Crippen LogP contribution in [-0.2, 0) is 39.0 Å². The molecule has 2 heteroatoms. The molecule has 0 nitrogen and oxygen atoms in total. The van der Waals surface area contributed by atoms with Gasteiger partial charge in [0.15, 0.2) is 0 Å². The summed E-state index contributed by atoms with van der Waals surface area (Å²) in [5.74, 6) is 0. The van der Waals surface area contributed by atoms with Gasteiger partial charge in [-0.3, -0.25) is 0 Å². The minimum absolute atomic E-state index is 0. The van der Waals surface area contributed by atoms with Crippen molar-refractivity contribution in [2.75, 3.05) is 0 Å². The van der Waals surface area contributed by atoms with Crippen LogP contribution in [0, 0.1) is 59.4 Å². The molecule has 0 saturated heterocycles. The molecule has 10 heavy (non-hydrogen) atoms. The molecule has 0 spiro atoms. The monoisotopic (exact) mass is 324 g/mol. The third kappa shape index (κ3) is 405. The van der Waals surface area contributed by atoms with E-state index in [1.165, 1.54) is 0 Å². The molecule has 2 radical (unpaired) electrons. The van der Waals surface area contributed by atoms with Crippen LogP contribution in [0.3, 0.4) is 0 Å². The van der Waals surface area contributed by atoms with Crippen molar-refractivity contribution in [1.82, 2.24) is 0 Å². The topological polar surface area (TPSA) is 0 Å². The van der Waals surface area contributed by atoms with Gasteiger partial charge in [0.1, 0.15) is 0 Å². The van der Waals surface area contributed by atoms with E-state index in [-0.39, 0.29) is 98.4 Å². The van der Waals surface area contributed by atoms with Gasteiger partial charge in [-0.15, -0.1) is 0 Å². The van der Waals surface area contributed by atoms with Gasteiger partial charge in [0, 0.05) is 0 Å². The summed E-state index contributed by atoms with van der Waals surface area (Å²) in [6, 6.07) is 0. The SMILES string of the molecule is [CH3-].[CH3-].[CH3-].[CH3-].[CH3-].[CH3-].[CH3-].[CH3-].[Ru+3].[Ru+5]. The van der Waals surface area contributed by atoms with Crippen LogP contribution in [0.5, 0.6) is 0 Å². The fourth-order valence-electron chi connectivity index (χ4n) is 0. The Morgan fingerprint density at radius 3 is 0.300 bits per heavy atom. The summed E-state index contributed by atoms with van der Waals surface area (Å²) in [5.41, 5.74) is 0. The molecule has 0 aromatic rings. The van der Waals surface area contributed by atoms with E-state index in [0.717, 1.165) is 0 Å². The summed E-state index contributed by atoms with van der Waals surface area (Å²) < 4.78 is 0. The quantitative estimate of drug-likeness (QED) is 0.472. The van der Waals surface area contributed by atoms with E-state index in [4.69, 9.17) is 0 Å². The Hall–Kier alpha value is 1.25. The smallest absolute Gasteiger partial charge is 0.358 e. The van der Waals surface area contributed by atoms with Crippen LogP contribution in [0.1, 0.15) is 0 Å². The van der Waals surface area contributed by atoms with E-state index < -0.39 is 0 Å². The van der Waals surface area contributed by atoms with Gasteiger partial charge in [-0.2, -0.15) is 0 Å². The van der Waals surface area contributed by atoms with Gasteiger partial charge in [-0.25, -0.2) is 0 Å². The maximum absolute atomic E-state index is 0. The fraction of sp³-hybridized carbons (Fsp3) is 0. The summed E-state index contributed by atoms with van der Waals surface area (Å²) >= 11 is 0. The van der Waals surface area contributed by atoms with Gasteiger partial charge in [0.05, 0.1) is 0 Å². The zero-order chi connectivity index (χ0) is 0. The summed E-state index contributed by atoms with van der Waals surface area (Å²) in [5, 5.41) is 0. The predicted octanol–water partition coefficient (Wildman–Crippen LogP) is 3.60. The standard InChI is InChI=1S/8CH3.2Ru/h8*1H3;;/q8*-1;+3;+5. The minimum atomic E-state index is 0. The molecule has 0 aliphatic rings. The molecule has 0 amide bonds. The van der Waals surface area contributed by atoms with Gasteiger partial charge in [0.25, 0.3) is 0 Å². The van der Waals surface area contributed by atoms with Crippen LogP contribution >= 0.6 is 0 Å². The maximum Gasteiger partial charge on any atom is 5.00 e. The van der Waals surface area contributed by atoms with Crippen LogP contribution in [0.15, 0.2) is 0 Å². The average Bonchev–Trinajstić information content (AvgIpc) is 0. The Kier molecular flexibility index (Phi) is 42800. The third-order valence-corrected chi connectivity index (χ3v) is 0. The largest absolute Gasteiger partial charge is 5.00 e. The van der Waals surface area contributed by atoms with Crippen molar-refractivity contribution in [3.63, 3.8) is 0 Å². The number of rotatable bonds is 0. The first-order valence-corrected chi connectivity index (χ1v) is 0. The van der Waals surface area contributed by atoms with Gasteiger partial charge in [0.2, 0.25) is 0 Å². The van der Waals surface area contributed by atoms with Crippen molar-refractivity contribution < 1.29 is 39.0 Å². The molecule has 0 aliphatic heterocycles. The van der Waals surface area contributed by atoms with Crippen LogP contribution in [0.2, 0.25) is 0 Å². The maximum atomic E-state index is 0. The molecule has 72 valence electrons. The van der Waals surface area contributed by atoms with E-state index in [9.17, 15) is 0 Å². The normalized spacial score (nSPS) is 0. The molecule has 0 aliphatic carbocycles. The molecule has 0 unspecified atom stereocenters. The van der Waals surface area contributed by atoms with Crippen molar-refractivity contribution >= 4 is 0 Å². The van der Waals surface area contributed by atoms with Crippen molar-refractivity contribution in [1.29, 1.82) is 0 Å². The zero-order valence-corrected chi connectivity index (χ0v) is 12.2. The van der Waals surface area contributed by atoms with Crippen molar-refractivity contribution in [3.8, 4) is 0 Å². The Labute approximate surface area is 98.1 Å². The Morgan fingerprint density at radius 1 is 0.300 bits per heavy atom. The molecule has 0 aromatic heterocycles. The molecule has 0 N–H and O–H groups in total. The fourth-order valence-corrected chi connectivity index (χ4v) is 0. The predicted molar refractivity (Wildman–Crippen MR) is 51.3 cm³/mol. The molecule has 0 rings (SSSR count). The van der Waals surface area contributed by atoms with E-state index in [1.807, 2.05) is 0 Å². The second-order valence-electron chi connectivity index (χ2n) is 0. The van der Waals surface area contributed by atoms with Gasteiger partial charge >= 0.3 is 39.0 Å². The molecule has 0 aromatic carbocycles. The summed E-state index contributed by atoms with van der Waals surface area (Å²) in [4.78, 5) is 0. The summed E-state index contributed by atoms with van der Waals surface area (Å²) in [6.45, 7) is 0. The molecule has 0 atom stereocenters. The third-order valence-electron chi connectivity index (χ3n) is 0. The second kappa shape index (κ2) is 564. The Balaban J connectivity index is 0. The Morgan fingerprint density at radius 2 is 0.300 bits per heavy atom. The summed E-state index contributed by atoms with van der Waals surface area (Å²) in [7, 11) is 0. The minimum Gasteiger partial charge on any atom is -0.358 e. The molecule has 0 fully saturated rings. The van der Waals surface area contributed by atoms with Gasteiger partial charge in [-0.1, -0.05) is 0 Å². The first-order valence-electron chi connectivity index (χ1n) is 0. The number of hydrogen-bond donors (Lipinski definition) is 0. The van der Waals surface area contributed by atoms with Gasteiger partial charge < -0.3 is 59.4 Å². The first-order chi connectivity index (χ1) is 0. The van der Waals surface area contributed by atoms with Crippen LogP contribution in [-0.4, -0.2) is 0 Å². The number of hydrogen-bond acceptors (Lipinski definition) is 0. The van der Waals surface area contributed by atoms with Gasteiger partial charge in [-0.05, 0) is 0 Å². The van der Waals surface area contributed by atoms with Crippen molar-refractivity contribution in [3.05, 3.63) is 59.4 Å². The van der Waals surface area contributed by atoms with Crippen LogP contribution < -0.4 is 0 Å². The van der Waals surface area contributed by atoms with Crippen molar-refractivity contribution in [2.24, 2.45) is 0 Å². The van der Waals surface area contributed by atoms with E-state index >= 15 is 0 Å². The molecule has 0 bridgehead atoms. The Bertz CT molecular complexity index is 7.22. The molecular formula is C8H24Ru2. The van der Waals surface area contributed by atoms with Crippen molar-refractivity contribution in [2.45, 2.75) is 0 Å². The average molecular weight is 322 g/mol. The molecular weight excluding hydrogens is 298 g/mol. The van der Waals surface area contributed by atoms with E-state index in [1.54, 1.807) is 0 Å². The van der Waals surface area contributed by atoms with Crippen LogP contribution in [0.4, 0.5) is 0 Å². The zero-order valence-electron chi connectivity index (χ0n) is 8.71. The first kappa shape index (κ1) is 760.